The highest BCUT2D eigenvalue weighted by molar-refractivity contribution is 6.01. The standard InChI is InChI=1S/C21H22N2O6/c1-4-28-19-10-9-16(12-18(19)23(26)27)21(25)29-14(3)20(24)22-13(2)11-15-7-5-6-8-17(15)22/h5-10,12-14H,4,11H2,1-3H3/t13-,14+/m0/s1. The van der Waals surface area contributed by atoms with Crippen molar-refractivity contribution in [2.24, 2.45) is 0 Å². The van der Waals surface area contributed by atoms with Crippen LogP contribution >= 0.6 is 0 Å². The van der Waals surface area contributed by atoms with Crippen molar-refractivity contribution in [1.82, 2.24) is 0 Å². The molecule has 0 aliphatic carbocycles. The molecule has 0 N–H and O–H groups in total. The summed E-state index contributed by atoms with van der Waals surface area (Å²) in [4.78, 5) is 37.7. The van der Waals surface area contributed by atoms with Gasteiger partial charge in [-0.25, -0.2) is 4.79 Å². The van der Waals surface area contributed by atoms with E-state index in [9.17, 15) is 19.7 Å². The zero-order valence-corrected chi connectivity index (χ0v) is 16.5. The molecular weight excluding hydrogens is 376 g/mol. The lowest BCUT2D eigenvalue weighted by atomic mass is 10.1. The van der Waals surface area contributed by atoms with E-state index in [1.54, 1.807) is 11.8 Å². The zero-order valence-electron chi connectivity index (χ0n) is 16.5. The third-order valence-corrected chi connectivity index (χ3v) is 4.77. The molecule has 0 saturated heterocycles. The lowest BCUT2D eigenvalue weighted by molar-refractivity contribution is -0.385. The quantitative estimate of drug-likeness (QED) is 0.419. The number of anilines is 1. The zero-order chi connectivity index (χ0) is 21.1. The van der Waals surface area contributed by atoms with Crippen LogP contribution in [0.4, 0.5) is 11.4 Å². The molecule has 1 heterocycles. The normalized spacial score (nSPS) is 16.1. The van der Waals surface area contributed by atoms with Gasteiger partial charge < -0.3 is 14.4 Å². The summed E-state index contributed by atoms with van der Waals surface area (Å²) in [5, 5.41) is 11.2. The number of nitro benzene ring substituents is 1. The van der Waals surface area contributed by atoms with Gasteiger partial charge in [0.1, 0.15) is 0 Å². The molecule has 0 saturated carbocycles. The maximum atomic E-state index is 12.9. The molecule has 0 aromatic heterocycles. The van der Waals surface area contributed by atoms with Crippen LogP contribution in [-0.4, -0.2) is 35.6 Å². The van der Waals surface area contributed by atoms with Crippen molar-refractivity contribution in [3.05, 3.63) is 63.7 Å². The first-order valence-electron chi connectivity index (χ1n) is 9.36. The van der Waals surface area contributed by atoms with Gasteiger partial charge in [-0.15, -0.1) is 0 Å². The summed E-state index contributed by atoms with van der Waals surface area (Å²) in [7, 11) is 0. The molecule has 0 spiro atoms. The van der Waals surface area contributed by atoms with E-state index in [1.807, 2.05) is 31.2 Å². The first-order chi connectivity index (χ1) is 13.8. The Morgan fingerprint density at radius 1 is 1.28 bits per heavy atom. The summed E-state index contributed by atoms with van der Waals surface area (Å²) >= 11 is 0. The van der Waals surface area contributed by atoms with Crippen molar-refractivity contribution < 1.29 is 24.0 Å². The van der Waals surface area contributed by atoms with Gasteiger partial charge in [0.15, 0.2) is 11.9 Å². The topological polar surface area (TPSA) is 99.0 Å². The number of fused-ring (bicyclic) bond motifs is 1. The minimum Gasteiger partial charge on any atom is -0.487 e. The van der Waals surface area contributed by atoms with E-state index >= 15 is 0 Å². The van der Waals surface area contributed by atoms with E-state index in [-0.39, 0.29) is 35.6 Å². The Kier molecular flexibility index (Phi) is 5.81. The maximum Gasteiger partial charge on any atom is 0.339 e. The molecule has 8 heteroatoms. The summed E-state index contributed by atoms with van der Waals surface area (Å²) in [5.41, 5.74) is 1.52. The van der Waals surface area contributed by atoms with E-state index < -0.39 is 17.0 Å². The molecule has 0 unspecified atom stereocenters. The van der Waals surface area contributed by atoms with Gasteiger partial charge in [0.2, 0.25) is 0 Å². The fraction of sp³-hybridized carbons (Fsp3) is 0.333. The molecule has 0 fully saturated rings. The van der Waals surface area contributed by atoms with Crippen LogP contribution < -0.4 is 9.64 Å². The van der Waals surface area contributed by atoms with Crippen molar-refractivity contribution in [2.75, 3.05) is 11.5 Å². The average molecular weight is 398 g/mol. The van der Waals surface area contributed by atoms with Gasteiger partial charge in [-0.05, 0) is 51.0 Å². The van der Waals surface area contributed by atoms with Gasteiger partial charge in [0.05, 0.1) is 17.1 Å². The highest BCUT2D eigenvalue weighted by Crippen LogP contribution is 2.33. The number of benzene rings is 2. The average Bonchev–Trinajstić information content (AvgIpc) is 3.03. The van der Waals surface area contributed by atoms with E-state index in [2.05, 4.69) is 0 Å². The number of amides is 1. The minimum absolute atomic E-state index is 0.0188. The number of hydrogen-bond acceptors (Lipinski definition) is 6. The lowest BCUT2D eigenvalue weighted by Crippen LogP contribution is -2.43. The van der Waals surface area contributed by atoms with Crippen LogP contribution in [0.3, 0.4) is 0 Å². The van der Waals surface area contributed by atoms with Gasteiger partial charge in [0, 0.05) is 17.8 Å². The minimum atomic E-state index is -1.04. The van der Waals surface area contributed by atoms with Crippen LogP contribution in [0.1, 0.15) is 36.7 Å². The van der Waals surface area contributed by atoms with Gasteiger partial charge in [-0.2, -0.15) is 0 Å². The number of esters is 1. The Labute approximate surface area is 168 Å². The molecule has 1 aliphatic rings. The first-order valence-corrected chi connectivity index (χ1v) is 9.36. The highest BCUT2D eigenvalue weighted by atomic mass is 16.6. The summed E-state index contributed by atoms with van der Waals surface area (Å²) in [6.45, 7) is 5.39. The van der Waals surface area contributed by atoms with Crippen LogP contribution in [-0.2, 0) is 16.0 Å². The predicted molar refractivity (Wildman–Crippen MR) is 106 cm³/mol. The summed E-state index contributed by atoms with van der Waals surface area (Å²) < 4.78 is 10.5. The molecule has 152 valence electrons. The Hall–Kier alpha value is -3.42. The molecule has 2 aromatic rings. The second-order valence-electron chi connectivity index (χ2n) is 6.81. The van der Waals surface area contributed by atoms with Crippen LogP contribution in [0.2, 0.25) is 0 Å². The van der Waals surface area contributed by atoms with Gasteiger partial charge in [-0.1, -0.05) is 18.2 Å². The third-order valence-electron chi connectivity index (χ3n) is 4.77. The molecule has 0 radical (unpaired) electrons. The van der Waals surface area contributed by atoms with Crippen molar-refractivity contribution >= 4 is 23.3 Å². The Morgan fingerprint density at radius 2 is 2.00 bits per heavy atom. The molecule has 2 aromatic carbocycles. The fourth-order valence-electron chi connectivity index (χ4n) is 3.44. The van der Waals surface area contributed by atoms with Crippen LogP contribution in [0.5, 0.6) is 5.75 Å². The van der Waals surface area contributed by atoms with Gasteiger partial charge >= 0.3 is 11.7 Å². The summed E-state index contributed by atoms with van der Waals surface area (Å²) in [6.07, 6.45) is -0.310. The second kappa shape index (κ2) is 8.30. The number of hydrogen-bond donors (Lipinski definition) is 0. The summed E-state index contributed by atoms with van der Waals surface area (Å²) in [5.74, 6) is -1.07. The van der Waals surface area contributed by atoms with Crippen molar-refractivity contribution in [3.63, 3.8) is 0 Å². The van der Waals surface area contributed by atoms with Crippen LogP contribution in [0.25, 0.3) is 0 Å². The molecule has 2 atom stereocenters. The Morgan fingerprint density at radius 3 is 2.69 bits per heavy atom. The third kappa shape index (κ3) is 4.06. The van der Waals surface area contributed by atoms with Gasteiger partial charge in [-0.3, -0.25) is 14.9 Å². The van der Waals surface area contributed by atoms with Gasteiger partial charge in [0.25, 0.3) is 5.91 Å². The predicted octanol–water partition coefficient (Wildman–Crippen LogP) is 3.52. The number of nitro groups is 1. The van der Waals surface area contributed by atoms with Crippen LogP contribution in [0.15, 0.2) is 42.5 Å². The highest BCUT2D eigenvalue weighted by Gasteiger charge is 2.34. The lowest BCUT2D eigenvalue weighted by Gasteiger charge is -2.25. The van der Waals surface area contributed by atoms with E-state index in [0.717, 1.165) is 23.7 Å². The van der Waals surface area contributed by atoms with E-state index in [0.29, 0.717) is 0 Å². The van der Waals surface area contributed by atoms with E-state index in [1.165, 1.54) is 19.1 Å². The number of carbonyl (C=O) groups is 2. The van der Waals surface area contributed by atoms with E-state index in [4.69, 9.17) is 9.47 Å². The molecule has 1 amide bonds. The Balaban J connectivity index is 1.76. The molecule has 8 nitrogen and oxygen atoms in total. The molecule has 1 aliphatic heterocycles. The van der Waals surface area contributed by atoms with Crippen molar-refractivity contribution in [2.45, 2.75) is 39.3 Å². The number of para-hydroxylation sites is 1. The molecule has 3 rings (SSSR count). The fourth-order valence-corrected chi connectivity index (χ4v) is 3.44. The van der Waals surface area contributed by atoms with Crippen molar-refractivity contribution in [3.8, 4) is 5.75 Å². The smallest absolute Gasteiger partial charge is 0.339 e. The maximum absolute atomic E-state index is 12.9. The molecule has 29 heavy (non-hydrogen) atoms. The largest absolute Gasteiger partial charge is 0.487 e. The van der Waals surface area contributed by atoms with Crippen LogP contribution in [0, 0.1) is 10.1 Å². The second-order valence-corrected chi connectivity index (χ2v) is 6.81. The monoisotopic (exact) mass is 398 g/mol. The number of rotatable bonds is 6. The SMILES string of the molecule is CCOc1ccc(C(=O)O[C@H](C)C(=O)N2c3ccccc3C[C@@H]2C)cc1[N+](=O)[O-]. The Bertz CT molecular complexity index is 958. The number of carbonyl (C=O) groups excluding carboxylic acids is 2. The number of ether oxygens (including phenoxy) is 2. The number of nitrogens with zero attached hydrogens (tertiary/aromatic N) is 2. The summed E-state index contributed by atoms with van der Waals surface area (Å²) in [6, 6.07) is 11.4. The molecule has 0 bridgehead atoms. The first kappa shape index (κ1) is 20.3. The molecular formula is C21H22N2O6. The van der Waals surface area contributed by atoms with Crippen molar-refractivity contribution in [1.29, 1.82) is 0 Å².